The molecule has 0 aromatic carbocycles. The van der Waals surface area contributed by atoms with E-state index in [-0.39, 0.29) is 31.1 Å². The van der Waals surface area contributed by atoms with Crippen molar-refractivity contribution in [2.45, 2.75) is 12.8 Å². The van der Waals surface area contributed by atoms with E-state index >= 15 is 0 Å². The molecule has 0 saturated heterocycles. The highest BCUT2D eigenvalue weighted by molar-refractivity contribution is 7.80. The Morgan fingerprint density at radius 2 is 2.00 bits per heavy atom. The molecule has 0 aromatic heterocycles. The number of thiocarbonyl (C=S) groups is 1. The number of methoxy groups -OCH3 is 1. The van der Waals surface area contributed by atoms with Gasteiger partial charge in [0.1, 0.15) is 0 Å². The van der Waals surface area contributed by atoms with Crippen LogP contribution in [0.3, 0.4) is 0 Å². The summed E-state index contributed by atoms with van der Waals surface area (Å²) in [5, 5.41) is 5.78. The van der Waals surface area contributed by atoms with E-state index in [1.54, 1.807) is 7.05 Å². The maximum atomic E-state index is 11.1. The molecule has 5 nitrogen and oxygen atoms in total. The van der Waals surface area contributed by atoms with Crippen LogP contribution in [0.2, 0.25) is 0 Å². The molecule has 0 radical (unpaired) electrons. The summed E-state index contributed by atoms with van der Waals surface area (Å²) in [6.45, 7) is 0.136. The first kappa shape index (κ1) is 12.8. The van der Waals surface area contributed by atoms with Crippen molar-refractivity contribution in [2.24, 2.45) is 0 Å². The summed E-state index contributed by atoms with van der Waals surface area (Å²) in [4.78, 5) is 21.8. The van der Waals surface area contributed by atoms with Crippen LogP contribution in [0, 0.1) is 0 Å². The van der Waals surface area contributed by atoms with Gasteiger partial charge in [-0.1, -0.05) is 0 Å². The number of Topliss-reactive ketones (excluding diaryl/α,β-unsaturated/α-hetero) is 1. The van der Waals surface area contributed by atoms with E-state index in [1.807, 2.05) is 0 Å². The molecule has 0 spiro atoms. The molecular weight excluding hydrogens is 204 g/mol. The average molecular weight is 218 g/mol. The molecule has 14 heavy (non-hydrogen) atoms. The van der Waals surface area contributed by atoms with Gasteiger partial charge in [0, 0.05) is 13.5 Å². The minimum Gasteiger partial charge on any atom is -0.469 e. The van der Waals surface area contributed by atoms with Crippen LogP contribution < -0.4 is 10.6 Å². The highest BCUT2D eigenvalue weighted by Gasteiger charge is 2.06. The summed E-state index contributed by atoms with van der Waals surface area (Å²) in [5.74, 6) is -0.456. The number of ketones is 1. The standard InChI is InChI=1S/C8H14N2O3S/c1-9-8(14)10-5-6(11)3-4-7(12)13-2/h3-5H2,1-2H3,(H2,9,10,14). The van der Waals surface area contributed by atoms with E-state index in [2.05, 4.69) is 15.4 Å². The Balaban J connectivity index is 3.56. The Bertz CT molecular complexity index is 209. The molecule has 0 aliphatic heterocycles. The highest BCUT2D eigenvalue weighted by Crippen LogP contribution is 1.92. The molecule has 6 heteroatoms. The Morgan fingerprint density at radius 3 is 2.50 bits per heavy atom. The lowest BCUT2D eigenvalue weighted by molar-refractivity contribution is -0.141. The van der Waals surface area contributed by atoms with Crippen molar-refractivity contribution in [3.63, 3.8) is 0 Å². The molecule has 2 N–H and O–H groups in total. The third kappa shape index (κ3) is 6.36. The van der Waals surface area contributed by atoms with Crippen LogP contribution in [0.1, 0.15) is 12.8 Å². The Morgan fingerprint density at radius 1 is 1.36 bits per heavy atom. The van der Waals surface area contributed by atoms with E-state index in [4.69, 9.17) is 12.2 Å². The molecule has 0 unspecified atom stereocenters. The minimum absolute atomic E-state index is 0.0759. The number of hydrogen-bond donors (Lipinski definition) is 2. The molecule has 0 heterocycles. The summed E-state index contributed by atoms with van der Waals surface area (Å²) in [5.41, 5.74) is 0. The normalized spacial score (nSPS) is 9.00. The number of rotatable bonds is 5. The predicted molar refractivity (Wildman–Crippen MR) is 55.9 cm³/mol. The number of carbonyl (C=O) groups excluding carboxylic acids is 2. The van der Waals surface area contributed by atoms with Gasteiger partial charge in [0.05, 0.1) is 20.1 Å². The van der Waals surface area contributed by atoms with Crippen molar-refractivity contribution in [1.29, 1.82) is 0 Å². The van der Waals surface area contributed by atoms with E-state index in [1.165, 1.54) is 7.11 Å². The average Bonchev–Trinajstić information content (AvgIpc) is 2.22. The van der Waals surface area contributed by atoms with Crippen molar-refractivity contribution in [3.05, 3.63) is 0 Å². The van der Waals surface area contributed by atoms with Gasteiger partial charge in [-0.25, -0.2) is 0 Å². The molecule has 0 aromatic rings. The van der Waals surface area contributed by atoms with Gasteiger partial charge >= 0.3 is 5.97 Å². The van der Waals surface area contributed by atoms with Crippen LogP contribution in [-0.4, -0.2) is 37.6 Å². The van der Waals surface area contributed by atoms with Gasteiger partial charge in [0.25, 0.3) is 0 Å². The van der Waals surface area contributed by atoms with E-state index in [0.29, 0.717) is 5.11 Å². The molecule has 0 saturated carbocycles. The zero-order valence-corrected chi connectivity index (χ0v) is 9.07. The van der Waals surface area contributed by atoms with Gasteiger partial charge in [-0.2, -0.15) is 0 Å². The van der Waals surface area contributed by atoms with Gasteiger partial charge < -0.3 is 15.4 Å². The first-order valence-corrected chi connectivity index (χ1v) is 4.55. The predicted octanol–water partition coefficient (Wildman–Crippen LogP) is -0.397. The van der Waals surface area contributed by atoms with Crippen LogP contribution in [0.5, 0.6) is 0 Å². The molecule has 0 aliphatic carbocycles. The molecule has 0 atom stereocenters. The summed E-state index contributed by atoms with van der Waals surface area (Å²) in [6.07, 6.45) is 0.287. The van der Waals surface area contributed by atoms with Crippen LogP contribution in [0.25, 0.3) is 0 Å². The lowest BCUT2D eigenvalue weighted by Gasteiger charge is -2.05. The summed E-state index contributed by atoms with van der Waals surface area (Å²) < 4.78 is 4.40. The smallest absolute Gasteiger partial charge is 0.305 e. The van der Waals surface area contributed by atoms with Gasteiger partial charge in [-0.15, -0.1) is 0 Å². The lowest BCUT2D eigenvalue weighted by Crippen LogP contribution is -2.36. The zero-order chi connectivity index (χ0) is 11.0. The highest BCUT2D eigenvalue weighted by atomic mass is 32.1. The molecular formula is C8H14N2O3S. The SMILES string of the molecule is CNC(=S)NCC(=O)CCC(=O)OC. The number of hydrogen-bond acceptors (Lipinski definition) is 4. The van der Waals surface area contributed by atoms with Gasteiger partial charge in [0.15, 0.2) is 10.9 Å². The maximum Gasteiger partial charge on any atom is 0.305 e. The summed E-state index contributed by atoms with van der Waals surface area (Å²) in [7, 11) is 2.95. The molecule has 80 valence electrons. The number of esters is 1. The molecule has 0 amide bonds. The third-order valence-electron chi connectivity index (χ3n) is 1.51. The lowest BCUT2D eigenvalue weighted by atomic mass is 10.2. The van der Waals surface area contributed by atoms with Crippen molar-refractivity contribution in [1.82, 2.24) is 10.6 Å². The van der Waals surface area contributed by atoms with Crippen LogP contribution >= 0.6 is 12.2 Å². The Kier molecular flexibility index (Phi) is 6.65. The van der Waals surface area contributed by atoms with E-state index in [9.17, 15) is 9.59 Å². The fraction of sp³-hybridized carbons (Fsp3) is 0.625. The second kappa shape index (κ2) is 7.25. The summed E-state index contributed by atoms with van der Waals surface area (Å²) >= 11 is 4.77. The third-order valence-corrected chi connectivity index (χ3v) is 1.86. The zero-order valence-electron chi connectivity index (χ0n) is 8.25. The van der Waals surface area contributed by atoms with Crippen LogP contribution in [0.15, 0.2) is 0 Å². The van der Waals surface area contributed by atoms with Gasteiger partial charge in [0.2, 0.25) is 0 Å². The maximum absolute atomic E-state index is 11.1. The molecule has 0 fully saturated rings. The fourth-order valence-corrected chi connectivity index (χ4v) is 0.771. The number of carbonyl (C=O) groups is 2. The van der Waals surface area contributed by atoms with Gasteiger partial charge in [-0.05, 0) is 12.2 Å². The first-order valence-electron chi connectivity index (χ1n) is 4.14. The number of nitrogens with one attached hydrogen (secondary N) is 2. The first-order chi connectivity index (χ1) is 6.60. The second-order valence-corrected chi connectivity index (χ2v) is 2.96. The van der Waals surface area contributed by atoms with Crippen molar-refractivity contribution in [2.75, 3.05) is 20.7 Å². The Labute approximate surface area is 88.2 Å². The molecule has 0 rings (SSSR count). The molecule has 0 aliphatic rings. The van der Waals surface area contributed by atoms with Crippen molar-refractivity contribution in [3.8, 4) is 0 Å². The monoisotopic (exact) mass is 218 g/mol. The summed E-state index contributed by atoms with van der Waals surface area (Å²) in [6, 6.07) is 0. The fourth-order valence-electron chi connectivity index (χ4n) is 0.699. The Hall–Kier alpha value is -1.17. The van der Waals surface area contributed by atoms with Crippen LogP contribution in [-0.2, 0) is 14.3 Å². The van der Waals surface area contributed by atoms with Crippen molar-refractivity contribution < 1.29 is 14.3 Å². The minimum atomic E-state index is -0.380. The van der Waals surface area contributed by atoms with Gasteiger partial charge in [-0.3, -0.25) is 9.59 Å². The topological polar surface area (TPSA) is 67.4 Å². The van der Waals surface area contributed by atoms with E-state index < -0.39 is 0 Å². The quantitative estimate of drug-likeness (QED) is 0.483. The van der Waals surface area contributed by atoms with E-state index in [0.717, 1.165) is 0 Å². The number of ether oxygens (including phenoxy) is 1. The molecule has 0 bridgehead atoms. The largest absolute Gasteiger partial charge is 0.469 e. The second-order valence-electron chi connectivity index (χ2n) is 2.55. The van der Waals surface area contributed by atoms with Crippen molar-refractivity contribution >= 4 is 29.1 Å². The van der Waals surface area contributed by atoms with Crippen LogP contribution in [0.4, 0.5) is 0 Å².